The summed E-state index contributed by atoms with van der Waals surface area (Å²) in [5.41, 5.74) is 3.44. The second-order valence-corrected chi connectivity index (χ2v) is 10.1. The zero-order valence-electron chi connectivity index (χ0n) is 19.9. The Kier molecular flexibility index (Phi) is 5.84. The molecule has 0 amide bonds. The Balaban J connectivity index is 1.58. The van der Waals surface area contributed by atoms with Crippen LogP contribution in [0, 0.1) is 12.3 Å². The molecule has 6 nitrogen and oxygen atoms in total. The van der Waals surface area contributed by atoms with Gasteiger partial charge in [-0.05, 0) is 60.6 Å². The highest BCUT2D eigenvalue weighted by molar-refractivity contribution is 5.89. The number of rotatable bonds is 6. The maximum atomic E-state index is 14.0. The molecule has 1 spiro atoms. The number of nitrogens with one attached hydrogen (secondary N) is 1. The van der Waals surface area contributed by atoms with Gasteiger partial charge in [-0.15, -0.1) is 0 Å². The Morgan fingerprint density at radius 3 is 2.57 bits per heavy atom. The monoisotopic (exact) mass is 484 g/mol. The number of likely N-dealkylation sites (tertiary alicyclic amines) is 1. The van der Waals surface area contributed by atoms with E-state index in [1.165, 1.54) is 0 Å². The number of hydrogen-bond donors (Lipinski definition) is 3. The molecule has 2 fully saturated rings. The predicted octanol–water partition coefficient (Wildman–Crippen LogP) is 5.47. The number of carboxylic acid groups (broad SMARTS) is 1. The maximum Gasteiger partial charge on any atom is 0.335 e. The van der Waals surface area contributed by atoms with E-state index in [2.05, 4.69) is 9.88 Å². The van der Waals surface area contributed by atoms with Crippen molar-refractivity contribution in [2.75, 3.05) is 20.3 Å². The van der Waals surface area contributed by atoms with Crippen molar-refractivity contribution < 1.29 is 28.5 Å². The van der Waals surface area contributed by atoms with Crippen molar-refractivity contribution in [3.63, 3.8) is 0 Å². The molecule has 3 aromatic rings. The lowest BCUT2D eigenvalue weighted by atomic mass is 9.58. The molecule has 5 rings (SSSR count). The highest BCUT2D eigenvalue weighted by Crippen LogP contribution is 2.61. The van der Waals surface area contributed by atoms with Crippen LogP contribution in [0.5, 0.6) is 5.75 Å². The van der Waals surface area contributed by atoms with Gasteiger partial charge in [-0.2, -0.15) is 0 Å². The molecule has 2 atom stereocenters. The van der Waals surface area contributed by atoms with Crippen molar-refractivity contribution in [3.8, 4) is 5.75 Å². The van der Waals surface area contributed by atoms with Gasteiger partial charge in [-0.25, -0.2) is 13.6 Å². The number of aromatic carboxylic acids is 1. The zero-order valence-corrected chi connectivity index (χ0v) is 19.9. The smallest absolute Gasteiger partial charge is 0.335 e. The number of aliphatic hydroxyl groups excluding tert-OH is 1. The van der Waals surface area contributed by atoms with Gasteiger partial charge in [0, 0.05) is 48.1 Å². The number of alkyl halides is 2. The molecule has 0 radical (unpaired) electrons. The summed E-state index contributed by atoms with van der Waals surface area (Å²) >= 11 is 0. The minimum absolute atomic E-state index is 0.128. The van der Waals surface area contributed by atoms with Crippen molar-refractivity contribution in [2.24, 2.45) is 5.41 Å². The molecule has 2 aliphatic rings. The SMILES string of the molecule is COc1cc(C)c2[nH]ccc2c1C(CO)N1CCC2(CC1c1ccc(C(=O)O)cc1)CC(F)(F)C2. The number of nitrogens with zero attached hydrogens (tertiary/aromatic N) is 1. The molecule has 2 heterocycles. The average molecular weight is 485 g/mol. The van der Waals surface area contributed by atoms with E-state index in [9.17, 15) is 23.8 Å². The summed E-state index contributed by atoms with van der Waals surface area (Å²) < 4.78 is 33.7. The van der Waals surface area contributed by atoms with Gasteiger partial charge in [0.1, 0.15) is 5.75 Å². The van der Waals surface area contributed by atoms with E-state index in [4.69, 9.17) is 4.74 Å². The highest BCUT2D eigenvalue weighted by Gasteiger charge is 2.59. The number of fused-ring (bicyclic) bond motifs is 1. The van der Waals surface area contributed by atoms with Crippen molar-refractivity contribution in [2.45, 2.75) is 50.6 Å². The highest BCUT2D eigenvalue weighted by atomic mass is 19.3. The van der Waals surface area contributed by atoms with Crippen molar-refractivity contribution in [1.82, 2.24) is 9.88 Å². The molecule has 35 heavy (non-hydrogen) atoms. The quantitative estimate of drug-likeness (QED) is 0.432. The number of ether oxygens (including phenoxy) is 1. The van der Waals surface area contributed by atoms with Crippen LogP contribution in [0.15, 0.2) is 42.6 Å². The number of hydrogen-bond acceptors (Lipinski definition) is 4. The fourth-order valence-corrected chi connectivity index (χ4v) is 6.32. The topological polar surface area (TPSA) is 85.8 Å². The van der Waals surface area contributed by atoms with E-state index in [0.29, 0.717) is 25.1 Å². The van der Waals surface area contributed by atoms with Crippen molar-refractivity contribution in [1.29, 1.82) is 0 Å². The Hall–Kier alpha value is -2.97. The minimum Gasteiger partial charge on any atom is -0.496 e. The molecule has 1 aromatic heterocycles. The van der Waals surface area contributed by atoms with Crippen LogP contribution in [0.3, 0.4) is 0 Å². The zero-order chi connectivity index (χ0) is 25.0. The fourth-order valence-electron chi connectivity index (χ4n) is 6.32. The van der Waals surface area contributed by atoms with Gasteiger partial charge in [-0.1, -0.05) is 12.1 Å². The number of methoxy groups -OCH3 is 1. The van der Waals surface area contributed by atoms with Gasteiger partial charge in [0.15, 0.2) is 0 Å². The molecule has 186 valence electrons. The predicted molar refractivity (Wildman–Crippen MR) is 128 cm³/mol. The second-order valence-electron chi connectivity index (χ2n) is 10.1. The second kappa shape index (κ2) is 8.60. The van der Waals surface area contributed by atoms with E-state index in [0.717, 1.165) is 27.6 Å². The summed E-state index contributed by atoms with van der Waals surface area (Å²) in [6.45, 7) is 2.36. The van der Waals surface area contributed by atoms with Gasteiger partial charge in [0.05, 0.1) is 25.3 Å². The first-order chi connectivity index (χ1) is 16.7. The molecule has 2 unspecified atom stereocenters. The van der Waals surface area contributed by atoms with Gasteiger partial charge in [0.2, 0.25) is 5.92 Å². The number of piperidine rings is 1. The van der Waals surface area contributed by atoms with Crippen LogP contribution in [0.1, 0.15) is 64.8 Å². The Labute approximate surface area is 202 Å². The number of aliphatic hydroxyl groups is 1. The number of benzene rings is 2. The lowest BCUT2D eigenvalue weighted by Crippen LogP contribution is -2.54. The van der Waals surface area contributed by atoms with E-state index in [1.807, 2.05) is 25.3 Å². The summed E-state index contributed by atoms with van der Waals surface area (Å²) in [6, 6.07) is 9.88. The summed E-state index contributed by atoms with van der Waals surface area (Å²) in [5.74, 6) is -2.97. The van der Waals surface area contributed by atoms with E-state index < -0.39 is 23.3 Å². The van der Waals surface area contributed by atoms with Gasteiger partial charge in [0.25, 0.3) is 0 Å². The third-order valence-corrected chi connectivity index (χ3v) is 7.91. The molecule has 1 saturated heterocycles. The normalized spacial score (nSPS) is 22.1. The number of aryl methyl sites for hydroxylation is 1. The largest absolute Gasteiger partial charge is 0.496 e. The third-order valence-electron chi connectivity index (χ3n) is 7.91. The molecular weight excluding hydrogens is 454 g/mol. The van der Waals surface area contributed by atoms with Crippen LogP contribution in [-0.2, 0) is 0 Å². The fraction of sp³-hybridized carbons (Fsp3) is 0.444. The first-order valence-corrected chi connectivity index (χ1v) is 11.9. The molecular formula is C27H30F2N2O4. The Morgan fingerprint density at radius 2 is 1.97 bits per heavy atom. The van der Waals surface area contributed by atoms with E-state index >= 15 is 0 Å². The molecule has 8 heteroatoms. The first kappa shape index (κ1) is 23.8. The minimum atomic E-state index is -2.63. The molecule has 2 aromatic carbocycles. The van der Waals surface area contributed by atoms with Gasteiger partial charge < -0.3 is 19.9 Å². The average Bonchev–Trinajstić information content (AvgIpc) is 3.31. The molecule has 1 saturated carbocycles. The number of carbonyl (C=O) groups is 1. The summed E-state index contributed by atoms with van der Waals surface area (Å²) in [4.78, 5) is 16.8. The molecule has 0 bridgehead atoms. The summed E-state index contributed by atoms with van der Waals surface area (Å²) in [6.07, 6.45) is 2.75. The number of H-pyrrole nitrogens is 1. The molecule has 1 aliphatic heterocycles. The van der Waals surface area contributed by atoms with Gasteiger partial charge in [-0.3, -0.25) is 4.90 Å². The number of aromatic amines is 1. The Morgan fingerprint density at radius 1 is 1.26 bits per heavy atom. The molecule has 1 aliphatic carbocycles. The number of halogens is 2. The molecule has 3 N–H and O–H groups in total. The van der Waals surface area contributed by atoms with Crippen molar-refractivity contribution in [3.05, 3.63) is 64.8 Å². The van der Waals surface area contributed by atoms with Crippen LogP contribution in [0.4, 0.5) is 8.78 Å². The van der Waals surface area contributed by atoms with Gasteiger partial charge >= 0.3 is 5.97 Å². The van der Waals surface area contributed by atoms with E-state index in [1.54, 1.807) is 31.4 Å². The first-order valence-electron chi connectivity index (χ1n) is 11.9. The number of carboxylic acids is 1. The van der Waals surface area contributed by atoms with E-state index in [-0.39, 0.29) is 31.1 Å². The third kappa shape index (κ3) is 4.08. The lowest BCUT2D eigenvalue weighted by molar-refractivity contribution is -0.189. The van der Waals surface area contributed by atoms with Crippen LogP contribution in [0.2, 0.25) is 0 Å². The van der Waals surface area contributed by atoms with Crippen molar-refractivity contribution >= 4 is 16.9 Å². The lowest BCUT2D eigenvalue weighted by Gasteiger charge is -2.56. The van der Waals surface area contributed by atoms with Crippen LogP contribution >= 0.6 is 0 Å². The standard InChI is InChI=1S/C27H30F2N2O4/c1-16-11-22(35-2)23(19-7-9-30-24(16)19)21(13-32)31-10-8-26(14-27(28,29)15-26)12-20(31)17-3-5-18(6-4-17)25(33)34/h3-7,9,11,20-21,30,32H,8,10,12-15H2,1-2H3,(H,33,34). The summed E-state index contributed by atoms with van der Waals surface area (Å²) in [7, 11) is 1.61. The number of aromatic nitrogens is 1. The van der Waals surface area contributed by atoms with Crippen LogP contribution in [-0.4, -0.2) is 52.3 Å². The van der Waals surface area contributed by atoms with Crippen LogP contribution < -0.4 is 4.74 Å². The van der Waals surface area contributed by atoms with Crippen LogP contribution in [0.25, 0.3) is 10.9 Å². The maximum absolute atomic E-state index is 14.0. The Bertz CT molecular complexity index is 1250. The summed E-state index contributed by atoms with van der Waals surface area (Å²) in [5, 5.41) is 21.0.